The van der Waals surface area contributed by atoms with Gasteiger partial charge in [-0.05, 0) is 116 Å². The van der Waals surface area contributed by atoms with Gasteiger partial charge >= 0.3 is 53.8 Å². The van der Waals surface area contributed by atoms with Gasteiger partial charge in [0, 0.05) is 109 Å². The normalized spacial score (nSPS) is 16.0. The fraction of sp³-hybridized carbons (Fsp3) is 0.692. The van der Waals surface area contributed by atoms with E-state index in [-0.39, 0.29) is 141 Å². The third-order valence-corrected chi connectivity index (χ3v) is 19.3. The minimum absolute atomic E-state index is 0.0217. The van der Waals surface area contributed by atoms with Crippen LogP contribution in [0.1, 0.15) is 161 Å². The lowest BCUT2D eigenvalue weighted by atomic mass is 9.99. The molecule has 1 aliphatic rings. The summed E-state index contributed by atoms with van der Waals surface area (Å²) in [5.74, 6) is -13.4. The smallest absolute Gasteiger partial charge is 0.326 e. The van der Waals surface area contributed by atoms with Gasteiger partial charge in [-0.1, -0.05) is 33.6 Å². The van der Waals surface area contributed by atoms with Crippen molar-refractivity contribution in [2.75, 3.05) is 91.6 Å². The number of nitrogens with one attached hydrogen (secondary N) is 7. The number of nitrogens with zero attached hydrogens (tertiary/aromatic N) is 4. The number of alkyl halides is 1. The van der Waals surface area contributed by atoms with Crippen LogP contribution in [0.4, 0.5) is 9.18 Å². The highest BCUT2D eigenvalue weighted by Crippen LogP contribution is 2.40. The molecule has 1 aromatic rings. The van der Waals surface area contributed by atoms with Gasteiger partial charge in [0.1, 0.15) is 35.0 Å². The molecule has 33 nitrogen and oxygen atoms in total. The van der Waals surface area contributed by atoms with Gasteiger partial charge < -0.3 is 78.1 Å². The van der Waals surface area contributed by atoms with E-state index in [0.29, 0.717) is 43.4 Å². The van der Waals surface area contributed by atoms with Crippen molar-refractivity contribution in [2.24, 2.45) is 5.41 Å². The Morgan fingerprint density at radius 1 is 0.440 bits per heavy atom. The predicted molar refractivity (Wildman–Crippen MR) is 362 cm³/mol. The van der Waals surface area contributed by atoms with Crippen molar-refractivity contribution in [3.63, 3.8) is 0 Å². The standard InChI is InChI=1S/C65H104FN11O22S/c1-64(2,3)62(66)100(65(4,5)6)43-24-22-42(23-25-43)56(89)69-38-47(70-51(80)27-26-48(61(97)98)77-36-34-75(40-54(85)86)32-30-74(39-53(83)84)31-33-76(35-37-77)41-55(87)88)57(90)71-44(58(91)92)16-11-13-28-67-49(78)19-9-7-8-10-20-50(79)68-29-14-12-17-45(59(93)94)72-63(99)73-46(60(95)96)18-15-21-52(81)82/h22-25,44-48,62H,7-21,26-41H2,1-6H3,(H14-,67,68,69,70,71,72,73,78,79,80,81,82,83,84,85,86,87,88,89,90,91,92,93,94,95,96,97,98,99)/p+1/t44-,45-,46-,47+,48-,62+,100?/m0/s1. The van der Waals surface area contributed by atoms with Crippen LogP contribution in [0.3, 0.4) is 0 Å². The number of halogens is 1. The molecule has 1 heterocycles. The van der Waals surface area contributed by atoms with Gasteiger partial charge in [0.2, 0.25) is 23.6 Å². The highest BCUT2D eigenvalue weighted by molar-refractivity contribution is 7.98. The average Bonchev–Trinajstić information content (AvgIpc) is 0.795. The average molecular weight is 1440 g/mol. The van der Waals surface area contributed by atoms with Gasteiger partial charge in [-0.2, -0.15) is 4.39 Å². The van der Waals surface area contributed by atoms with Crippen LogP contribution in [-0.2, 0) is 68.4 Å². The van der Waals surface area contributed by atoms with Crippen molar-refractivity contribution in [3.8, 4) is 0 Å². The molecule has 2 rings (SSSR count). The van der Waals surface area contributed by atoms with E-state index in [1.807, 2.05) is 20.8 Å². The van der Waals surface area contributed by atoms with E-state index >= 15 is 4.39 Å². The number of carboxylic acids is 8. The lowest BCUT2D eigenvalue weighted by Gasteiger charge is -2.35. The van der Waals surface area contributed by atoms with Crippen LogP contribution in [0.5, 0.6) is 0 Å². The molecule has 0 spiro atoms. The van der Waals surface area contributed by atoms with E-state index in [2.05, 4.69) is 37.2 Å². The van der Waals surface area contributed by atoms with Crippen molar-refractivity contribution in [1.29, 1.82) is 0 Å². The van der Waals surface area contributed by atoms with Crippen LogP contribution in [-0.4, -0.2) is 276 Å². The number of hydrogen-bond acceptors (Lipinski definition) is 18. The van der Waals surface area contributed by atoms with Crippen molar-refractivity contribution < 1.29 is 112 Å². The lowest BCUT2D eigenvalue weighted by Crippen LogP contribution is -2.56. The number of aliphatic carboxylic acids is 8. The van der Waals surface area contributed by atoms with E-state index in [9.17, 15) is 103 Å². The SMILES string of the molecule is CC(C)(C)[C@H](F)[S+](c1ccc(C(=O)NC[C@@H](NC(=O)CC[C@@H](C(=O)O)N2CCN(CC(=O)O)CCN(CC(=O)O)CCN(CC(=O)O)CC2)C(=O)N[C@@H](CCCCNC(=O)CCCCCCC(=O)NCCCC[C@H](NC(=O)N[C@@H](CCCC(=O)O)C(=O)O)C(=O)O)C(=O)O)cc1)C(C)(C)C. The summed E-state index contributed by atoms with van der Waals surface area (Å²) in [6.07, 6.45) is 2.14. The largest absolute Gasteiger partial charge is 0.481 e. The predicted octanol–water partition coefficient (Wildman–Crippen LogP) is 1.67. The number of urea groups is 1. The molecule has 0 aliphatic carbocycles. The lowest BCUT2D eigenvalue weighted by molar-refractivity contribution is -0.145. The Balaban J connectivity index is 2.09. The Labute approximate surface area is 584 Å². The summed E-state index contributed by atoms with van der Waals surface area (Å²) < 4.78 is 15.5. The number of carbonyl (C=O) groups excluding carboxylic acids is 6. The number of hydrogen-bond donors (Lipinski definition) is 15. The van der Waals surface area contributed by atoms with E-state index in [1.54, 1.807) is 32.9 Å². The molecule has 564 valence electrons. The summed E-state index contributed by atoms with van der Waals surface area (Å²) in [6.45, 7) is 9.62. The van der Waals surface area contributed by atoms with Crippen LogP contribution in [0.2, 0.25) is 0 Å². The monoisotopic (exact) mass is 1440 g/mol. The Morgan fingerprint density at radius 2 is 0.860 bits per heavy atom. The first kappa shape index (κ1) is 87.8. The van der Waals surface area contributed by atoms with Crippen LogP contribution >= 0.6 is 0 Å². The minimum Gasteiger partial charge on any atom is -0.481 e. The first-order valence-corrected chi connectivity index (χ1v) is 34.8. The van der Waals surface area contributed by atoms with Crippen LogP contribution in [0.25, 0.3) is 0 Å². The Morgan fingerprint density at radius 3 is 1.25 bits per heavy atom. The van der Waals surface area contributed by atoms with E-state index in [4.69, 9.17) is 5.11 Å². The van der Waals surface area contributed by atoms with Gasteiger partial charge in [-0.15, -0.1) is 0 Å². The molecule has 0 aromatic heterocycles. The molecule has 1 aromatic carbocycles. The van der Waals surface area contributed by atoms with Crippen molar-refractivity contribution in [2.45, 2.75) is 196 Å². The summed E-state index contributed by atoms with van der Waals surface area (Å²) in [4.78, 5) is 181. The second-order valence-corrected chi connectivity index (χ2v) is 29.4. The quantitative estimate of drug-likeness (QED) is 0.0326. The zero-order valence-corrected chi connectivity index (χ0v) is 58.9. The van der Waals surface area contributed by atoms with Crippen LogP contribution in [0.15, 0.2) is 29.2 Å². The van der Waals surface area contributed by atoms with Crippen molar-refractivity contribution in [3.05, 3.63) is 29.8 Å². The molecule has 15 N–H and O–H groups in total. The van der Waals surface area contributed by atoms with Gasteiger partial charge in [0.05, 0.1) is 30.5 Å². The van der Waals surface area contributed by atoms with Crippen molar-refractivity contribution >= 4 is 94.2 Å². The summed E-state index contributed by atoms with van der Waals surface area (Å²) in [5.41, 5.74) is -1.84. The summed E-state index contributed by atoms with van der Waals surface area (Å²) in [7, 11) is -0.924. The Bertz CT molecular complexity index is 2850. The fourth-order valence-corrected chi connectivity index (χ4v) is 13.4. The first-order valence-electron chi connectivity index (χ1n) is 33.5. The molecule has 0 saturated carbocycles. The van der Waals surface area contributed by atoms with Crippen LogP contribution < -0.4 is 37.2 Å². The maximum Gasteiger partial charge on any atom is 0.326 e. The van der Waals surface area contributed by atoms with E-state index < -0.39 is 167 Å². The summed E-state index contributed by atoms with van der Waals surface area (Å²) in [6, 6.07) is -2.16. The second-order valence-electron chi connectivity index (χ2n) is 26.6. The van der Waals surface area contributed by atoms with Gasteiger partial charge in [0.15, 0.2) is 4.90 Å². The molecular weight excluding hydrogens is 1340 g/mol. The number of carbonyl (C=O) groups is 14. The molecule has 7 amide bonds. The third-order valence-electron chi connectivity index (χ3n) is 16.1. The molecule has 0 radical (unpaired) electrons. The van der Waals surface area contributed by atoms with E-state index in [1.165, 1.54) is 31.7 Å². The maximum absolute atomic E-state index is 16.0. The third kappa shape index (κ3) is 36.7. The highest BCUT2D eigenvalue weighted by Gasteiger charge is 2.49. The molecule has 1 unspecified atom stereocenters. The topological polar surface area (TPSA) is 498 Å². The number of amides is 7. The number of rotatable bonds is 45. The van der Waals surface area contributed by atoms with Gasteiger partial charge in [-0.3, -0.25) is 67.5 Å². The van der Waals surface area contributed by atoms with Crippen molar-refractivity contribution in [1.82, 2.24) is 56.8 Å². The summed E-state index contributed by atoms with van der Waals surface area (Å²) >= 11 is 0. The van der Waals surface area contributed by atoms with Crippen LogP contribution in [0, 0.1) is 5.41 Å². The van der Waals surface area contributed by atoms with Gasteiger partial charge in [0.25, 0.3) is 11.4 Å². The number of unbranched alkanes of at least 4 members (excludes halogenated alkanes) is 5. The molecule has 35 heteroatoms. The minimum atomic E-state index is -1.64. The molecule has 1 aliphatic heterocycles. The fourth-order valence-electron chi connectivity index (χ4n) is 10.7. The summed E-state index contributed by atoms with van der Waals surface area (Å²) in [5, 5.41) is 94.7. The zero-order chi connectivity index (χ0) is 75.3. The molecular formula is C65H105FN11O22S+. The molecule has 1 fully saturated rings. The molecule has 0 bridgehead atoms. The maximum atomic E-state index is 16.0. The number of benzene rings is 1. The van der Waals surface area contributed by atoms with E-state index in [0.717, 1.165) is 0 Å². The molecule has 100 heavy (non-hydrogen) atoms. The number of carboxylic acid groups (broad SMARTS) is 8. The van der Waals surface area contributed by atoms with Gasteiger partial charge in [-0.25, -0.2) is 19.2 Å². The molecule has 7 atom stereocenters. The Hall–Kier alpha value is -8.28. The Kier molecular flexibility index (Phi) is 39.9. The zero-order valence-electron chi connectivity index (χ0n) is 58.1. The highest BCUT2D eigenvalue weighted by atomic mass is 32.2. The second kappa shape index (κ2) is 45.5. The first-order chi connectivity index (χ1) is 46.9. The molecule has 1 saturated heterocycles.